The van der Waals surface area contributed by atoms with Crippen molar-refractivity contribution in [2.45, 2.75) is 19.6 Å². The van der Waals surface area contributed by atoms with E-state index in [2.05, 4.69) is 4.98 Å². The summed E-state index contributed by atoms with van der Waals surface area (Å²) in [6.45, 7) is 1.76. The van der Waals surface area contributed by atoms with Gasteiger partial charge in [0.25, 0.3) is 5.65 Å². The molecule has 0 fully saturated rings. The quantitative estimate of drug-likeness (QED) is 0.206. The maximum atomic E-state index is 14.8. The molecule has 12 heteroatoms. The molecular weight excluding hydrogens is 549 g/mol. The summed E-state index contributed by atoms with van der Waals surface area (Å²) in [4.78, 5) is 18.1. The van der Waals surface area contributed by atoms with Gasteiger partial charge >= 0.3 is 11.7 Å². The fraction of sp³-hybridized carbons (Fsp3) is 0.115. The Bertz CT molecular complexity index is 1780. The van der Waals surface area contributed by atoms with Gasteiger partial charge in [-0.15, -0.1) is 11.3 Å². The van der Waals surface area contributed by atoms with Gasteiger partial charge < -0.3 is 5.11 Å². The maximum absolute atomic E-state index is 14.8. The Morgan fingerprint density at radius 3 is 2.50 bits per heavy atom. The second-order valence-corrected chi connectivity index (χ2v) is 10.1. The molecule has 0 unspecified atom stereocenters. The smallest absolute Gasteiger partial charge is 0.416 e. The standard InChI is InChI=1S/C26H15ClF5N3O2S/c1-13-3-2-8-34-22(13)35(12-16-11-33-25(27)38-16)24(37)21(23(34)36)14-4-7-19(28)18(9-14)17-6-5-15(10-20(17)29)26(30,31)32/h2-11H,12H2,1H3. The van der Waals surface area contributed by atoms with Crippen LogP contribution in [0.15, 0.2) is 65.7 Å². The van der Waals surface area contributed by atoms with E-state index >= 15 is 0 Å². The number of nitrogens with zero attached hydrogens (tertiary/aromatic N) is 3. The number of alkyl halides is 3. The van der Waals surface area contributed by atoms with Gasteiger partial charge in [0.2, 0.25) is 0 Å². The Morgan fingerprint density at radius 1 is 1.08 bits per heavy atom. The molecule has 3 aromatic heterocycles. The fourth-order valence-electron chi connectivity index (χ4n) is 4.26. The first kappa shape index (κ1) is 25.8. The monoisotopic (exact) mass is 563 g/mol. The Labute approximate surface area is 220 Å². The summed E-state index contributed by atoms with van der Waals surface area (Å²) in [6.07, 6.45) is -1.81. The van der Waals surface area contributed by atoms with Crippen molar-refractivity contribution in [3.05, 3.63) is 103 Å². The molecule has 0 saturated carbocycles. The summed E-state index contributed by atoms with van der Waals surface area (Å²) >= 11 is 7.10. The molecule has 2 aromatic carbocycles. The molecule has 5 rings (SSSR count). The molecule has 5 aromatic rings. The molecule has 0 radical (unpaired) electrons. The lowest BCUT2D eigenvalue weighted by atomic mass is 9.98. The van der Waals surface area contributed by atoms with Gasteiger partial charge in [-0.3, -0.25) is 0 Å². The largest absolute Gasteiger partial charge is 0.842 e. The minimum atomic E-state index is -4.79. The van der Waals surface area contributed by atoms with Crippen LogP contribution in [0.4, 0.5) is 22.0 Å². The minimum Gasteiger partial charge on any atom is -0.842 e. The van der Waals surface area contributed by atoms with E-state index in [0.29, 0.717) is 22.2 Å². The molecule has 194 valence electrons. The first-order valence-corrected chi connectivity index (χ1v) is 12.2. The van der Waals surface area contributed by atoms with Crippen LogP contribution in [0.2, 0.25) is 4.47 Å². The van der Waals surface area contributed by atoms with Crippen molar-refractivity contribution < 1.29 is 31.6 Å². The number of hydrogen-bond acceptors (Lipinski definition) is 4. The SMILES string of the molecule is Cc1cccn2c(=O)c(-c3ccc(F)c(-c4ccc(C(F)(F)F)cc4F)c3)c([O-])[n+](Cc3cnc(Cl)s3)c12. The third-order valence-electron chi connectivity index (χ3n) is 5.99. The molecule has 0 spiro atoms. The van der Waals surface area contributed by atoms with Crippen LogP contribution in [0.25, 0.3) is 27.9 Å². The Kier molecular flexibility index (Phi) is 6.44. The van der Waals surface area contributed by atoms with Gasteiger partial charge in [-0.05, 0) is 48.9 Å². The summed E-state index contributed by atoms with van der Waals surface area (Å²) in [6, 6.07) is 8.26. The van der Waals surface area contributed by atoms with Crippen LogP contribution in [-0.4, -0.2) is 9.38 Å². The molecular formula is C26H15ClF5N3O2S. The third kappa shape index (κ3) is 4.52. The van der Waals surface area contributed by atoms with Crippen molar-refractivity contribution in [3.63, 3.8) is 0 Å². The van der Waals surface area contributed by atoms with E-state index in [1.807, 2.05) is 0 Å². The van der Waals surface area contributed by atoms with Crippen LogP contribution >= 0.6 is 22.9 Å². The van der Waals surface area contributed by atoms with E-state index in [1.165, 1.54) is 27.4 Å². The molecule has 0 N–H and O–H groups in total. The van der Waals surface area contributed by atoms with Crippen molar-refractivity contribution >= 4 is 28.6 Å². The summed E-state index contributed by atoms with van der Waals surface area (Å²) in [5, 5.41) is 13.7. The third-order valence-corrected chi connectivity index (χ3v) is 7.09. The van der Waals surface area contributed by atoms with Crippen molar-refractivity contribution in [2.75, 3.05) is 0 Å². The number of aryl methyl sites for hydroxylation is 1. The zero-order valence-electron chi connectivity index (χ0n) is 19.3. The van der Waals surface area contributed by atoms with Crippen LogP contribution in [0, 0.1) is 18.6 Å². The van der Waals surface area contributed by atoms with Gasteiger partial charge in [0.1, 0.15) is 23.7 Å². The van der Waals surface area contributed by atoms with Gasteiger partial charge in [0.05, 0.1) is 22.5 Å². The Morgan fingerprint density at radius 2 is 1.84 bits per heavy atom. The molecule has 0 saturated heterocycles. The number of pyridine rings is 1. The topological polar surface area (TPSA) is 61.3 Å². The molecule has 0 amide bonds. The predicted octanol–water partition coefficient (Wildman–Crippen LogP) is 5.76. The first-order valence-electron chi connectivity index (χ1n) is 11.0. The number of aromatic nitrogens is 3. The highest BCUT2D eigenvalue weighted by molar-refractivity contribution is 7.15. The van der Waals surface area contributed by atoms with Gasteiger partial charge in [-0.2, -0.15) is 17.6 Å². The van der Waals surface area contributed by atoms with Gasteiger partial charge in [-0.25, -0.2) is 23.1 Å². The average molecular weight is 564 g/mol. The summed E-state index contributed by atoms with van der Waals surface area (Å²) in [5.41, 5.74) is -2.17. The minimum absolute atomic E-state index is 0.0253. The van der Waals surface area contributed by atoms with Crippen LogP contribution in [0.1, 0.15) is 16.0 Å². The van der Waals surface area contributed by atoms with E-state index < -0.39 is 45.9 Å². The number of rotatable bonds is 4. The highest BCUT2D eigenvalue weighted by atomic mass is 35.5. The average Bonchev–Trinajstić information content (AvgIpc) is 3.27. The lowest BCUT2D eigenvalue weighted by molar-refractivity contribution is -0.707. The molecule has 5 nitrogen and oxygen atoms in total. The highest BCUT2D eigenvalue weighted by Crippen LogP contribution is 2.35. The highest BCUT2D eigenvalue weighted by Gasteiger charge is 2.31. The van der Waals surface area contributed by atoms with Crippen molar-refractivity contribution in [1.82, 2.24) is 9.38 Å². The van der Waals surface area contributed by atoms with E-state index in [9.17, 15) is 31.9 Å². The van der Waals surface area contributed by atoms with Gasteiger partial charge in [0.15, 0.2) is 4.47 Å². The number of benzene rings is 2. The first-order chi connectivity index (χ1) is 18.0. The van der Waals surface area contributed by atoms with Crippen LogP contribution in [0.5, 0.6) is 5.88 Å². The van der Waals surface area contributed by atoms with Gasteiger partial charge in [0, 0.05) is 22.9 Å². The number of halogens is 6. The lowest BCUT2D eigenvalue weighted by Crippen LogP contribution is -2.44. The molecule has 38 heavy (non-hydrogen) atoms. The second-order valence-electron chi connectivity index (χ2n) is 8.42. The molecule has 3 heterocycles. The number of fused-ring (bicyclic) bond motifs is 1. The van der Waals surface area contributed by atoms with Crippen molar-refractivity contribution in [1.29, 1.82) is 0 Å². The zero-order valence-corrected chi connectivity index (χ0v) is 20.9. The molecule has 0 bridgehead atoms. The van der Waals surface area contributed by atoms with Crippen molar-refractivity contribution in [2.24, 2.45) is 0 Å². The lowest BCUT2D eigenvalue weighted by Gasteiger charge is -2.18. The van der Waals surface area contributed by atoms with E-state index in [4.69, 9.17) is 11.6 Å². The predicted molar refractivity (Wildman–Crippen MR) is 130 cm³/mol. The Balaban J connectivity index is 1.74. The molecule has 0 aliphatic heterocycles. The molecule has 0 aliphatic rings. The van der Waals surface area contributed by atoms with Crippen LogP contribution in [-0.2, 0) is 12.7 Å². The van der Waals surface area contributed by atoms with E-state index in [-0.39, 0.29) is 28.2 Å². The zero-order chi connectivity index (χ0) is 27.4. The Hall–Kier alpha value is -3.83. The van der Waals surface area contributed by atoms with Crippen LogP contribution < -0.4 is 15.2 Å². The van der Waals surface area contributed by atoms with E-state index in [0.717, 1.165) is 29.5 Å². The van der Waals surface area contributed by atoms with Gasteiger partial charge in [-0.1, -0.05) is 23.7 Å². The number of thiazole rings is 1. The van der Waals surface area contributed by atoms with E-state index in [1.54, 1.807) is 19.1 Å². The van der Waals surface area contributed by atoms with Crippen LogP contribution in [0.3, 0.4) is 0 Å². The maximum Gasteiger partial charge on any atom is 0.416 e. The fourth-order valence-corrected chi connectivity index (χ4v) is 5.23. The normalized spacial score (nSPS) is 11.9. The van der Waals surface area contributed by atoms with Crippen molar-refractivity contribution in [3.8, 4) is 28.1 Å². The second kappa shape index (κ2) is 9.48. The molecule has 0 atom stereocenters. The molecule has 0 aliphatic carbocycles. The summed E-state index contributed by atoms with van der Waals surface area (Å²) < 4.78 is 71.3. The summed E-state index contributed by atoms with van der Waals surface area (Å²) in [7, 11) is 0. The number of hydrogen-bond donors (Lipinski definition) is 0. The summed E-state index contributed by atoms with van der Waals surface area (Å²) in [5.74, 6) is -2.94.